The molecule has 0 radical (unpaired) electrons. The van der Waals surface area contributed by atoms with Crippen LogP contribution in [0.25, 0.3) is 6.20 Å². The van der Waals surface area contributed by atoms with Gasteiger partial charge in [-0.2, -0.15) is 5.10 Å². The average molecular weight is 525 g/mol. The molecule has 0 amide bonds. The Bertz CT molecular complexity index is 1110. The molecule has 1 aromatic rings. The summed E-state index contributed by atoms with van der Waals surface area (Å²) < 4.78 is 1.76. The van der Waals surface area contributed by atoms with Gasteiger partial charge in [0.05, 0.1) is 24.3 Å². The molecule has 0 bridgehead atoms. The van der Waals surface area contributed by atoms with E-state index in [2.05, 4.69) is 33.9 Å². The molecule has 1 aromatic heterocycles. The molecular formula is C32H48N2O4. The molecule has 6 heteroatoms. The Morgan fingerprint density at radius 1 is 1.18 bits per heavy atom. The van der Waals surface area contributed by atoms with Gasteiger partial charge in [0, 0.05) is 18.0 Å². The predicted molar refractivity (Wildman–Crippen MR) is 147 cm³/mol. The number of carboxylic acids is 1. The smallest absolute Gasteiger partial charge is 0.303 e. The molecule has 5 aliphatic carbocycles. The van der Waals surface area contributed by atoms with Crippen molar-refractivity contribution in [3.8, 4) is 0 Å². The molecule has 10 atom stereocenters. The highest BCUT2D eigenvalue weighted by molar-refractivity contribution is 5.66. The molecule has 0 aromatic carbocycles. The highest BCUT2D eigenvalue weighted by Gasteiger charge is 2.74. The van der Waals surface area contributed by atoms with Gasteiger partial charge in [-0.05, 0) is 116 Å². The van der Waals surface area contributed by atoms with E-state index in [0.717, 1.165) is 37.6 Å². The molecule has 0 saturated heterocycles. The Morgan fingerprint density at radius 2 is 1.92 bits per heavy atom. The summed E-state index contributed by atoms with van der Waals surface area (Å²) in [5, 5.41) is 36.1. The fraction of sp³-hybridized carbons (Fsp3) is 0.812. The highest BCUT2D eigenvalue weighted by Crippen LogP contribution is 2.78. The maximum absolute atomic E-state index is 12.6. The van der Waals surface area contributed by atoms with Gasteiger partial charge in [-0.3, -0.25) is 4.79 Å². The third kappa shape index (κ3) is 3.53. The lowest BCUT2D eigenvalue weighted by molar-refractivity contribution is -0.255. The molecule has 0 spiro atoms. The lowest BCUT2D eigenvalue weighted by Gasteiger charge is -2.70. The fourth-order valence-corrected chi connectivity index (χ4v) is 11.6. The van der Waals surface area contributed by atoms with E-state index in [1.54, 1.807) is 10.9 Å². The van der Waals surface area contributed by atoms with Gasteiger partial charge in [0.1, 0.15) is 0 Å². The first-order valence-corrected chi connectivity index (χ1v) is 15.4. The summed E-state index contributed by atoms with van der Waals surface area (Å²) in [5.41, 5.74) is 2.73. The van der Waals surface area contributed by atoms with Gasteiger partial charge >= 0.3 is 5.97 Å². The van der Waals surface area contributed by atoms with E-state index in [1.807, 2.05) is 0 Å². The molecule has 4 saturated carbocycles. The first-order chi connectivity index (χ1) is 18.1. The summed E-state index contributed by atoms with van der Waals surface area (Å²) in [6.07, 6.45) is 15.7. The van der Waals surface area contributed by atoms with E-state index in [1.165, 1.54) is 44.1 Å². The maximum atomic E-state index is 12.6. The van der Waals surface area contributed by atoms with Crippen LogP contribution in [0.1, 0.15) is 96.7 Å². The van der Waals surface area contributed by atoms with Crippen molar-refractivity contribution in [2.24, 2.45) is 57.7 Å². The average Bonchev–Trinajstić information content (AvgIpc) is 3.56. The van der Waals surface area contributed by atoms with Crippen molar-refractivity contribution in [2.45, 2.75) is 104 Å². The molecule has 3 N–H and O–H groups in total. The van der Waals surface area contributed by atoms with E-state index >= 15 is 0 Å². The maximum Gasteiger partial charge on any atom is 0.303 e. The van der Waals surface area contributed by atoms with Gasteiger partial charge in [0.2, 0.25) is 0 Å². The van der Waals surface area contributed by atoms with Crippen molar-refractivity contribution in [1.29, 1.82) is 0 Å². The third-order valence-corrected chi connectivity index (χ3v) is 13.0. The van der Waals surface area contributed by atoms with Crippen LogP contribution in [0.15, 0.2) is 12.5 Å². The molecule has 0 aliphatic heterocycles. The largest absolute Gasteiger partial charge is 0.514 e. The molecule has 38 heavy (non-hydrogen) atoms. The standard InChI is InChI=1S/C32H48N2O4/c1-5-22-24-16-25-20(18-34(33-25)14-15-35)17-31(24,4)27-12-13-30(3)23(19(2)6-11-28(36)37)9-10-26(30)32(27,29(22)38)21-7-8-21/h14-15,18-19,21-24,26-27,29,35,38H,5-13,16-17H2,1-4H3,(H,36,37)/b15-14-/t19-,22-,23-,24+,26-,27-,29-,30-,31+,32?/m1/s1. The molecule has 4 fully saturated rings. The van der Waals surface area contributed by atoms with Crippen molar-refractivity contribution >= 4 is 12.2 Å². The number of aliphatic hydroxyl groups excluding tert-OH is 2. The number of carboxylic acid groups (broad SMARTS) is 1. The zero-order chi connectivity index (χ0) is 27.0. The summed E-state index contributed by atoms with van der Waals surface area (Å²) >= 11 is 0. The SMILES string of the molecule is CC[C@H]1[C@@H](O)C2(C3CC3)[C@H](CC[C@]3(C)[C@@H]([C@H](C)CCC(=O)O)CC[C@@H]23)[C@@]2(C)Cc3cn(/C=C\O)nc3C[C@@H]12. The van der Waals surface area contributed by atoms with Gasteiger partial charge < -0.3 is 15.3 Å². The van der Waals surface area contributed by atoms with Crippen molar-refractivity contribution < 1.29 is 20.1 Å². The Labute approximate surface area is 227 Å². The molecular weight excluding hydrogens is 476 g/mol. The number of aromatic nitrogens is 2. The van der Waals surface area contributed by atoms with Crippen LogP contribution < -0.4 is 0 Å². The normalized spacial score (nSPS) is 44.8. The van der Waals surface area contributed by atoms with E-state index in [4.69, 9.17) is 5.10 Å². The van der Waals surface area contributed by atoms with Crippen LogP contribution in [0.4, 0.5) is 0 Å². The van der Waals surface area contributed by atoms with Crippen LogP contribution in [0.2, 0.25) is 0 Å². The Balaban J connectivity index is 1.42. The first kappa shape index (κ1) is 26.4. The summed E-state index contributed by atoms with van der Waals surface area (Å²) in [5.74, 6) is 2.59. The third-order valence-electron chi connectivity index (χ3n) is 13.0. The van der Waals surface area contributed by atoms with E-state index in [9.17, 15) is 20.1 Å². The number of nitrogens with zero attached hydrogens (tertiary/aromatic N) is 2. The van der Waals surface area contributed by atoms with Crippen molar-refractivity contribution in [3.63, 3.8) is 0 Å². The van der Waals surface area contributed by atoms with Crippen molar-refractivity contribution in [1.82, 2.24) is 9.78 Å². The number of carbonyl (C=O) groups is 1. The topological polar surface area (TPSA) is 95.6 Å². The minimum absolute atomic E-state index is 0.0291. The van der Waals surface area contributed by atoms with Crippen LogP contribution in [0.5, 0.6) is 0 Å². The molecule has 1 unspecified atom stereocenters. The second-order valence-corrected chi connectivity index (χ2v) is 14.4. The van der Waals surface area contributed by atoms with Gasteiger partial charge in [-0.15, -0.1) is 0 Å². The second kappa shape index (κ2) is 9.11. The van der Waals surface area contributed by atoms with Crippen molar-refractivity contribution in [2.75, 3.05) is 0 Å². The van der Waals surface area contributed by atoms with Crippen LogP contribution in [-0.4, -0.2) is 37.2 Å². The van der Waals surface area contributed by atoms with Gasteiger partial charge in [-0.1, -0.05) is 34.1 Å². The molecule has 210 valence electrons. The number of rotatable bonds is 7. The number of fused-ring (bicyclic) bond motifs is 6. The molecule has 6 rings (SSSR count). The summed E-state index contributed by atoms with van der Waals surface area (Å²) in [4.78, 5) is 11.4. The second-order valence-electron chi connectivity index (χ2n) is 14.4. The van der Waals surface area contributed by atoms with E-state index in [-0.39, 0.29) is 34.7 Å². The zero-order valence-corrected chi connectivity index (χ0v) is 23.8. The minimum Gasteiger partial charge on any atom is -0.514 e. The van der Waals surface area contributed by atoms with Gasteiger partial charge in [0.15, 0.2) is 0 Å². The fourth-order valence-electron chi connectivity index (χ4n) is 11.6. The Hall–Kier alpha value is -1.82. The predicted octanol–water partition coefficient (Wildman–Crippen LogP) is 6.33. The number of aliphatic carboxylic acids is 1. The van der Waals surface area contributed by atoms with Crippen LogP contribution in [-0.2, 0) is 17.6 Å². The number of aliphatic hydroxyl groups is 2. The van der Waals surface area contributed by atoms with Gasteiger partial charge in [-0.25, -0.2) is 4.68 Å². The Morgan fingerprint density at radius 3 is 2.58 bits per heavy atom. The molecule has 5 aliphatic rings. The summed E-state index contributed by atoms with van der Waals surface area (Å²) in [6, 6.07) is 0. The minimum atomic E-state index is -0.684. The zero-order valence-electron chi connectivity index (χ0n) is 23.8. The quantitative estimate of drug-likeness (QED) is 0.362. The van der Waals surface area contributed by atoms with Crippen LogP contribution in [0, 0.1) is 57.7 Å². The lowest BCUT2D eigenvalue weighted by atomic mass is 9.35. The Kier molecular flexibility index (Phi) is 6.33. The highest BCUT2D eigenvalue weighted by atomic mass is 16.4. The van der Waals surface area contributed by atoms with Crippen molar-refractivity contribution in [3.05, 3.63) is 23.7 Å². The monoisotopic (exact) mass is 524 g/mol. The lowest BCUT2D eigenvalue weighted by Crippen LogP contribution is -2.69. The number of hydrogen-bond donors (Lipinski definition) is 3. The molecule has 1 heterocycles. The van der Waals surface area contributed by atoms with Gasteiger partial charge in [0.25, 0.3) is 0 Å². The molecule has 6 nitrogen and oxygen atoms in total. The first-order valence-electron chi connectivity index (χ1n) is 15.4. The van der Waals surface area contributed by atoms with E-state index in [0.29, 0.717) is 35.5 Å². The van der Waals surface area contributed by atoms with Crippen LogP contribution >= 0.6 is 0 Å². The summed E-state index contributed by atoms with van der Waals surface area (Å²) in [6.45, 7) is 9.66. The van der Waals surface area contributed by atoms with E-state index < -0.39 is 5.97 Å². The summed E-state index contributed by atoms with van der Waals surface area (Å²) in [7, 11) is 0. The number of hydrogen-bond acceptors (Lipinski definition) is 4. The van der Waals surface area contributed by atoms with Crippen LogP contribution in [0.3, 0.4) is 0 Å².